The molecule has 27 heavy (non-hydrogen) atoms. The van der Waals surface area contributed by atoms with Crippen LogP contribution in [0.4, 0.5) is 0 Å². The van der Waals surface area contributed by atoms with Crippen LogP contribution in [0.2, 0.25) is 0 Å². The molecular formula is C21H24N2O3S. The first kappa shape index (κ1) is 20.8. The molecule has 1 heterocycles. The van der Waals surface area contributed by atoms with Gasteiger partial charge in [0.2, 0.25) is 0 Å². The molecule has 5 nitrogen and oxygen atoms in total. The molecule has 1 aromatic carbocycles. The summed E-state index contributed by atoms with van der Waals surface area (Å²) >= 11 is 1.33. The van der Waals surface area contributed by atoms with E-state index in [1.165, 1.54) is 23.6 Å². The quantitative estimate of drug-likeness (QED) is 0.316. The van der Waals surface area contributed by atoms with Gasteiger partial charge in [0.05, 0.1) is 11.0 Å². The molecule has 142 valence electrons. The zero-order chi connectivity index (χ0) is 20.1. The van der Waals surface area contributed by atoms with E-state index in [0.29, 0.717) is 10.7 Å². The molecule has 1 amide bonds. The molecule has 2 rings (SSSR count). The predicted octanol–water partition coefficient (Wildman–Crippen LogP) is 4.77. The van der Waals surface area contributed by atoms with Crippen molar-refractivity contribution in [2.75, 3.05) is 6.54 Å². The van der Waals surface area contributed by atoms with Gasteiger partial charge in [0, 0.05) is 13.1 Å². The van der Waals surface area contributed by atoms with Crippen LogP contribution in [0.5, 0.6) is 5.75 Å². The molecule has 1 aliphatic rings. The third kappa shape index (κ3) is 5.01. The van der Waals surface area contributed by atoms with E-state index in [2.05, 4.69) is 0 Å². The average Bonchev–Trinajstić information content (AvgIpc) is 2.58. The SMILES string of the molecule is CC(=O)Oc1c(C(C)C)cc(C=C2SC=CN(CC#N)C2=O)cc1C(C)C. The summed E-state index contributed by atoms with van der Waals surface area (Å²) in [4.78, 5) is 26.1. The molecule has 0 aromatic heterocycles. The van der Waals surface area contributed by atoms with Gasteiger partial charge in [-0.15, -0.1) is 0 Å². The van der Waals surface area contributed by atoms with E-state index in [0.717, 1.165) is 16.7 Å². The molecule has 0 atom stereocenters. The Morgan fingerprint density at radius 2 is 1.85 bits per heavy atom. The minimum atomic E-state index is -0.347. The van der Waals surface area contributed by atoms with Crippen LogP contribution in [0.15, 0.2) is 28.6 Å². The Labute approximate surface area is 164 Å². The van der Waals surface area contributed by atoms with Crippen LogP contribution in [-0.2, 0) is 9.59 Å². The third-order valence-electron chi connectivity index (χ3n) is 4.10. The fraction of sp³-hybridized carbons (Fsp3) is 0.381. The second-order valence-corrected chi connectivity index (χ2v) is 7.88. The molecule has 1 aromatic rings. The lowest BCUT2D eigenvalue weighted by Crippen LogP contribution is -2.28. The Balaban J connectivity index is 2.55. The standard InChI is InChI=1S/C21H24N2O3S/c1-13(2)17-10-16(11-18(14(3)4)20(17)26-15(5)24)12-19-21(25)23(7-6-22)8-9-27-19/h8-14H,7H2,1-5H3. The number of rotatable bonds is 5. The molecule has 0 radical (unpaired) electrons. The number of thioether (sulfide) groups is 1. The molecule has 0 saturated heterocycles. The second kappa shape index (κ2) is 8.92. The van der Waals surface area contributed by atoms with Crippen molar-refractivity contribution in [3.8, 4) is 11.8 Å². The highest BCUT2D eigenvalue weighted by molar-refractivity contribution is 8.06. The molecular weight excluding hydrogens is 360 g/mol. The van der Waals surface area contributed by atoms with Crippen LogP contribution in [0.3, 0.4) is 0 Å². The molecule has 0 spiro atoms. The number of carbonyl (C=O) groups is 2. The van der Waals surface area contributed by atoms with Crippen molar-refractivity contribution in [3.05, 3.63) is 45.3 Å². The number of nitrogens with zero attached hydrogens (tertiary/aromatic N) is 2. The number of nitriles is 1. The molecule has 0 unspecified atom stereocenters. The van der Waals surface area contributed by atoms with Crippen LogP contribution in [0.1, 0.15) is 63.1 Å². The minimum absolute atomic E-state index is 0.0209. The van der Waals surface area contributed by atoms with Crippen LogP contribution in [0, 0.1) is 11.3 Å². The van der Waals surface area contributed by atoms with Gasteiger partial charge in [-0.1, -0.05) is 39.5 Å². The van der Waals surface area contributed by atoms with E-state index < -0.39 is 0 Å². The van der Waals surface area contributed by atoms with Gasteiger partial charge in [0.1, 0.15) is 12.3 Å². The zero-order valence-electron chi connectivity index (χ0n) is 16.3. The van der Waals surface area contributed by atoms with Crippen molar-refractivity contribution in [2.45, 2.75) is 46.5 Å². The number of hydrogen-bond donors (Lipinski definition) is 0. The van der Waals surface area contributed by atoms with Crippen LogP contribution < -0.4 is 4.74 Å². The Morgan fingerprint density at radius 3 is 2.33 bits per heavy atom. The maximum atomic E-state index is 12.5. The summed E-state index contributed by atoms with van der Waals surface area (Å²) < 4.78 is 5.53. The van der Waals surface area contributed by atoms with Crippen LogP contribution in [-0.4, -0.2) is 23.3 Å². The lowest BCUT2D eigenvalue weighted by molar-refractivity contribution is -0.132. The Kier molecular flexibility index (Phi) is 6.86. The number of hydrogen-bond acceptors (Lipinski definition) is 5. The molecule has 1 aliphatic heterocycles. The number of amides is 1. The maximum Gasteiger partial charge on any atom is 0.308 e. The smallest absolute Gasteiger partial charge is 0.308 e. The van der Waals surface area contributed by atoms with Crippen molar-refractivity contribution in [1.29, 1.82) is 5.26 Å². The fourth-order valence-corrected chi connectivity index (χ4v) is 3.56. The highest BCUT2D eigenvalue weighted by Gasteiger charge is 2.22. The van der Waals surface area contributed by atoms with Gasteiger partial charge in [-0.2, -0.15) is 5.26 Å². The summed E-state index contributed by atoms with van der Waals surface area (Å²) in [6, 6.07) is 5.92. The summed E-state index contributed by atoms with van der Waals surface area (Å²) in [6.45, 7) is 9.59. The van der Waals surface area contributed by atoms with Gasteiger partial charge < -0.3 is 9.64 Å². The molecule has 0 N–H and O–H groups in total. The molecule has 0 aliphatic carbocycles. The lowest BCUT2D eigenvalue weighted by atomic mass is 9.91. The maximum absolute atomic E-state index is 12.5. The van der Waals surface area contributed by atoms with E-state index in [1.54, 1.807) is 11.6 Å². The van der Waals surface area contributed by atoms with Crippen LogP contribution >= 0.6 is 11.8 Å². The van der Waals surface area contributed by atoms with E-state index in [9.17, 15) is 9.59 Å². The highest BCUT2D eigenvalue weighted by atomic mass is 32.2. The molecule has 0 bridgehead atoms. The second-order valence-electron chi connectivity index (χ2n) is 6.93. The molecule has 0 fully saturated rings. The van der Waals surface area contributed by atoms with Crippen molar-refractivity contribution in [2.24, 2.45) is 0 Å². The largest absolute Gasteiger partial charge is 0.426 e. The summed E-state index contributed by atoms with van der Waals surface area (Å²) in [5.74, 6) is 0.383. The number of carbonyl (C=O) groups excluding carboxylic acids is 2. The van der Waals surface area contributed by atoms with Crippen LogP contribution in [0.25, 0.3) is 6.08 Å². The van der Waals surface area contributed by atoms with Gasteiger partial charge in [-0.05, 0) is 52.1 Å². The Hall–Kier alpha value is -2.52. The van der Waals surface area contributed by atoms with Crippen molar-refractivity contribution >= 4 is 29.7 Å². The normalized spacial score (nSPS) is 15.6. The van der Waals surface area contributed by atoms with E-state index in [4.69, 9.17) is 10.00 Å². The third-order valence-corrected chi connectivity index (χ3v) is 4.91. The number of ether oxygens (including phenoxy) is 1. The van der Waals surface area contributed by atoms with Gasteiger partial charge in [0.25, 0.3) is 5.91 Å². The zero-order valence-corrected chi connectivity index (χ0v) is 17.1. The Morgan fingerprint density at radius 1 is 1.26 bits per heavy atom. The molecule has 6 heteroatoms. The highest BCUT2D eigenvalue weighted by Crippen LogP contribution is 2.37. The van der Waals surface area contributed by atoms with Crippen molar-refractivity contribution in [1.82, 2.24) is 4.90 Å². The number of esters is 1. The predicted molar refractivity (Wildman–Crippen MR) is 108 cm³/mol. The monoisotopic (exact) mass is 384 g/mol. The summed E-state index contributed by atoms with van der Waals surface area (Å²) in [5.41, 5.74) is 2.74. The van der Waals surface area contributed by atoms with E-state index >= 15 is 0 Å². The summed E-state index contributed by atoms with van der Waals surface area (Å²) in [5, 5.41) is 10.7. The summed E-state index contributed by atoms with van der Waals surface area (Å²) in [6.07, 6.45) is 3.45. The number of benzene rings is 1. The first-order valence-corrected chi connectivity index (χ1v) is 9.71. The Bertz CT molecular complexity index is 818. The van der Waals surface area contributed by atoms with Gasteiger partial charge >= 0.3 is 5.97 Å². The summed E-state index contributed by atoms with van der Waals surface area (Å²) in [7, 11) is 0. The molecule has 0 saturated carbocycles. The fourth-order valence-electron chi connectivity index (χ4n) is 2.79. The van der Waals surface area contributed by atoms with Crippen molar-refractivity contribution in [3.63, 3.8) is 0 Å². The average molecular weight is 385 g/mol. The van der Waals surface area contributed by atoms with E-state index in [-0.39, 0.29) is 30.3 Å². The lowest BCUT2D eigenvalue weighted by Gasteiger charge is -2.21. The van der Waals surface area contributed by atoms with E-state index in [1.807, 2.05) is 52.0 Å². The van der Waals surface area contributed by atoms with Gasteiger partial charge in [-0.25, -0.2) is 0 Å². The topological polar surface area (TPSA) is 70.4 Å². The minimum Gasteiger partial charge on any atom is -0.426 e. The first-order chi connectivity index (χ1) is 12.7. The van der Waals surface area contributed by atoms with Gasteiger partial charge in [-0.3, -0.25) is 9.59 Å². The first-order valence-electron chi connectivity index (χ1n) is 8.83. The van der Waals surface area contributed by atoms with Crippen molar-refractivity contribution < 1.29 is 14.3 Å². The van der Waals surface area contributed by atoms with Gasteiger partial charge in [0.15, 0.2) is 0 Å².